The Morgan fingerprint density at radius 3 is 2.75 bits per heavy atom. The Hall–Kier alpha value is -0.700. The number of isocyanates is 1. The van der Waals surface area contributed by atoms with Crippen LogP contribution in [0.25, 0.3) is 0 Å². The van der Waals surface area contributed by atoms with Crippen LogP contribution in [0.2, 0.25) is 5.02 Å². The molecular formula is C7H2BrClFNO. The van der Waals surface area contributed by atoms with E-state index in [1.807, 2.05) is 0 Å². The molecule has 1 aromatic rings. The van der Waals surface area contributed by atoms with Gasteiger partial charge in [-0.15, -0.1) is 0 Å². The largest absolute Gasteiger partial charge is 0.240 e. The number of rotatable bonds is 1. The molecule has 0 N–H and O–H groups in total. The van der Waals surface area contributed by atoms with E-state index in [0.717, 1.165) is 6.07 Å². The molecule has 2 nitrogen and oxygen atoms in total. The number of carbonyl (C=O) groups excluding carboxylic acids is 1. The lowest BCUT2D eigenvalue weighted by molar-refractivity contribution is 0.565. The molecule has 0 amide bonds. The van der Waals surface area contributed by atoms with Crippen LogP contribution in [0.4, 0.5) is 10.1 Å². The SMILES string of the molecule is O=C=Nc1c(Cl)cc(F)cc1Br. The van der Waals surface area contributed by atoms with Gasteiger partial charge in [-0.25, -0.2) is 9.18 Å². The summed E-state index contributed by atoms with van der Waals surface area (Å²) < 4.78 is 12.9. The molecule has 0 saturated heterocycles. The quantitative estimate of drug-likeness (QED) is 0.556. The Morgan fingerprint density at radius 2 is 2.25 bits per heavy atom. The van der Waals surface area contributed by atoms with Crippen molar-refractivity contribution >= 4 is 39.3 Å². The molecule has 0 aromatic heterocycles. The van der Waals surface area contributed by atoms with E-state index < -0.39 is 5.82 Å². The first-order valence-electron chi connectivity index (χ1n) is 2.87. The maximum Gasteiger partial charge on any atom is 0.240 e. The minimum atomic E-state index is -0.489. The predicted molar refractivity (Wildman–Crippen MR) is 46.9 cm³/mol. The summed E-state index contributed by atoms with van der Waals surface area (Å²) in [5.74, 6) is -0.489. The van der Waals surface area contributed by atoms with Crippen molar-refractivity contribution in [3.8, 4) is 0 Å². The van der Waals surface area contributed by atoms with Crippen LogP contribution in [0.5, 0.6) is 0 Å². The van der Waals surface area contributed by atoms with Crippen LogP contribution in [-0.2, 0) is 4.79 Å². The Bertz CT molecular complexity index is 339. The van der Waals surface area contributed by atoms with Crippen LogP contribution >= 0.6 is 27.5 Å². The molecule has 0 heterocycles. The van der Waals surface area contributed by atoms with Crippen LogP contribution in [0, 0.1) is 5.82 Å². The molecule has 12 heavy (non-hydrogen) atoms. The van der Waals surface area contributed by atoms with Crippen molar-refractivity contribution < 1.29 is 9.18 Å². The fourth-order valence-corrected chi connectivity index (χ4v) is 1.57. The number of hydrogen-bond acceptors (Lipinski definition) is 2. The number of nitrogens with zero attached hydrogens (tertiary/aromatic N) is 1. The topological polar surface area (TPSA) is 29.4 Å². The summed E-state index contributed by atoms with van der Waals surface area (Å²) in [5.41, 5.74) is 0.188. The van der Waals surface area contributed by atoms with Crippen molar-refractivity contribution in [1.82, 2.24) is 0 Å². The van der Waals surface area contributed by atoms with E-state index in [9.17, 15) is 9.18 Å². The normalized spacial score (nSPS) is 9.25. The number of aliphatic imine (C=N–C) groups is 1. The summed E-state index contributed by atoms with van der Waals surface area (Å²) in [4.78, 5) is 13.2. The molecule has 0 radical (unpaired) electrons. The third-order valence-corrected chi connectivity index (χ3v) is 2.03. The highest BCUT2D eigenvalue weighted by molar-refractivity contribution is 9.10. The van der Waals surface area contributed by atoms with E-state index in [4.69, 9.17) is 11.6 Å². The monoisotopic (exact) mass is 249 g/mol. The van der Waals surface area contributed by atoms with Crippen molar-refractivity contribution in [2.45, 2.75) is 0 Å². The first kappa shape index (κ1) is 9.39. The second kappa shape index (κ2) is 3.81. The highest BCUT2D eigenvalue weighted by Crippen LogP contribution is 2.33. The number of hydrogen-bond donors (Lipinski definition) is 0. The van der Waals surface area contributed by atoms with Gasteiger partial charge in [0.15, 0.2) is 0 Å². The smallest absolute Gasteiger partial charge is 0.211 e. The van der Waals surface area contributed by atoms with Gasteiger partial charge in [0, 0.05) is 4.47 Å². The lowest BCUT2D eigenvalue weighted by atomic mass is 10.3. The molecule has 5 heteroatoms. The van der Waals surface area contributed by atoms with Crippen LogP contribution in [0.15, 0.2) is 21.6 Å². The number of benzene rings is 1. The summed E-state index contributed by atoms with van der Waals surface area (Å²) in [6.07, 6.45) is 1.32. The first-order valence-corrected chi connectivity index (χ1v) is 4.04. The van der Waals surface area contributed by atoms with E-state index in [-0.39, 0.29) is 10.7 Å². The van der Waals surface area contributed by atoms with E-state index >= 15 is 0 Å². The fraction of sp³-hybridized carbons (Fsp3) is 0. The maximum absolute atomic E-state index is 12.6. The highest BCUT2D eigenvalue weighted by atomic mass is 79.9. The second-order valence-corrected chi connectivity index (χ2v) is 3.18. The molecule has 0 bridgehead atoms. The lowest BCUT2D eigenvalue weighted by Gasteiger charge is -1.98. The van der Waals surface area contributed by atoms with Crippen LogP contribution in [0.3, 0.4) is 0 Å². The van der Waals surface area contributed by atoms with Gasteiger partial charge >= 0.3 is 0 Å². The third-order valence-electron chi connectivity index (χ3n) is 1.14. The van der Waals surface area contributed by atoms with Crippen molar-refractivity contribution in [2.24, 2.45) is 4.99 Å². The Kier molecular flexibility index (Phi) is 2.98. The van der Waals surface area contributed by atoms with Gasteiger partial charge in [-0.1, -0.05) is 11.6 Å². The maximum atomic E-state index is 12.6. The van der Waals surface area contributed by atoms with Crippen molar-refractivity contribution in [3.63, 3.8) is 0 Å². The molecule has 1 aromatic carbocycles. The summed E-state index contributed by atoms with van der Waals surface area (Å²) in [6, 6.07) is 2.24. The van der Waals surface area contributed by atoms with Crippen LogP contribution in [0.1, 0.15) is 0 Å². The molecule has 0 aliphatic rings. The van der Waals surface area contributed by atoms with E-state index in [2.05, 4.69) is 20.9 Å². The average molecular weight is 250 g/mol. The molecule has 0 spiro atoms. The Labute approximate surface area is 81.2 Å². The van der Waals surface area contributed by atoms with Gasteiger partial charge in [0.1, 0.15) is 11.5 Å². The lowest BCUT2D eigenvalue weighted by Crippen LogP contribution is -1.76. The van der Waals surface area contributed by atoms with E-state index in [1.54, 1.807) is 0 Å². The predicted octanol–water partition coefficient (Wildman–Crippen LogP) is 3.21. The Morgan fingerprint density at radius 1 is 1.58 bits per heavy atom. The molecule has 1 rings (SSSR count). The van der Waals surface area contributed by atoms with Gasteiger partial charge < -0.3 is 0 Å². The summed E-state index contributed by atoms with van der Waals surface area (Å²) in [6.45, 7) is 0. The first-order chi connectivity index (χ1) is 5.65. The zero-order valence-corrected chi connectivity index (χ0v) is 7.99. The van der Waals surface area contributed by atoms with Gasteiger partial charge in [0.05, 0.1) is 5.02 Å². The number of halogens is 3. The van der Waals surface area contributed by atoms with Crippen LogP contribution < -0.4 is 0 Å². The highest BCUT2D eigenvalue weighted by Gasteiger charge is 2.06. The van der Waals surface area contributed by atoms with Gasteiger partial charge in [-0.3, -0.25) is 0 Å². The standard InChI is InChI=1S/C7H2BrClFNO/c8-5-1-4(10)2-6(9)7(5)11-3-12/h1-2H. The van der Waals surface area contributed by atoms with Gasteiger partial charge in [0.2, 0.25) is 6.08 Å². The molecular weight excluding hydrogens is 248 g/mol. The fourth-order valence-electron chi connectivity index (χ4n) is 0.687. The minimum Gasteiger partial charge on any atom is -0.211 e. The van der Waals surface area contributed by atoms with E-state index in [0.29, 0.717) is 4.47 Å². The zero-order chi connectivity index (χ0) is 9.14. The van der Waals surface area contributed by atoms with Crippen molar-refractivity contribution in [1.29, 1.82) is 0 Å². The molecule has 0 unspecified atom stereocenters. The molecule has 0 saturated carbocycles. The molecule has 0 aliphatic heterocycles. The average Bonchev–Trinajstić information content (AvgIpc) is 1.96. The van der Waals surface area contributed by atoms with E-state index in [1.165, 1.54) is 12.1 Å². The molecule has 0 atom stereocenters. The minimum absolute atomic E-state index is 0.0743. The second-order valence-electron chi connectivity index (χ2n) is 1.92. The van der Waals surface area contributed by atoms with Gasteiger partial charge in [0.25, 0.3) is 0 Å². The Balaban J connectivity index is 3.37. The zero-order valence-electron chi connectivity index (χ0n) is 5.64. The van der Waals surface area contributed by atoms with Crippen molar-refractivity contribution in [2.75, 3.05) is 0 Å². The van der Waals surface area contributed by atoms with Gasteiger partial charge in [-0.2, -0.15) is 4.99 Å². The summed E-state index contributed by atoms with van der Waals surface area (Å²) in [5, 5.41) is 0.0743. The third kappa shape index (κ3) is 1.91. The summed E-state index contributed by atoms with van der Waals surface area (Å²) >= 11 is 8.57. The summed E-state index contributed by atoms with van der Waals surface area (Å²) in [7, 11) is 0. The molecule has 0 aliphatic carbocycles. The molecule has 0 fully saturated rings. The molecule has 62 valence electrons. The van der Waals surface area contributed by atoms with Crippen LogP contribution in [-0.4, -0.2) is 6.08 Å². The van der Waals surface area contributed by atoms with Gasteiger partial charge in [-0.05, 0) is 28.1 Å². The van der Waals surface area contributed by atoms with Crippen molar-refractivity contribution in [3.05, 3.63) is 27.4 Å².